The van der Waals surface area contributed by atoms with Crippen LogP contribution in [-0.2, 0) is 0 Å². The fourth-order valence-corrected chi connectivity index (χ4v) is 8.73. The lowest BCUT2D eigenvalue weighted by Gasteiger charge is -2.25. The number of hydrogen-bond acceptors (Lipinski definition) is 3. The van der Waals surface area contributed by atoms with E-state index < -0.39 is 0 Å². The molecule has 3 heteroatoms. The molecule has 0 aromatic rings. The first kappa shape index (κ1) is 10.6. The van der Waals surface area contributed by atoms with Gasteiger partial charge in [0.1, 0.15) is 0 Å². The van der Waals surface area contributed by atoms with Crippen molar-refractivity contribution < 1.29 is 15.3 Å². The molecule has 0 amide bonds. The number of fused-ring (bicyclic) bond motifs is 3. The van der Waals surface area contributed by atoms with Gasteiger partial charge in [-0.15, -0.1) is 0 Å². The maximum atomic E-state index is 10.5. The molecule has 3 nitrogen and oxygen atoms in total. The van der Waals surface area contributed by atoms with Gasteiger partial charge < -0.3 is 15.3 Å². The average molecular weight is 262 g/mol. The van der Waals surface area contributed by atoms with Crippen LogP contribution in [0.5, 0.6) is 0 Å². The maximum absolute atomic E-state index is 10.5. The van der Waals surface area contributed by atoms with Crippen molar-refractivity contribution in [2.45, 2.75) is 37.6 Å². The normalized spacial score (nSPS) is 78.2. The maximum Gasteiger partial charge on any atom is 0.0577 e. The third-order valence-corrected chi connectivity index (χ3v) is 8.51. The molecular formula is C16H22O3. The second kappa shape index (κ2) is 2.90. The molecule has 6 saturated carbocycles. The van der Waals surface area contributed by atoms with Gasteiger partial charge in [0, 0.05) is 0 Å². The number of hydrogen-bond donors (Lipinski definition) is 3. The molecule has 12 unspecified atom stereocenters. The molecule has 0 bridgehead atoms. The Morgan fingerprint density at radius 3 is 1.47 bits per heavy atom. The lowest BCUT2D eigenvalue weighted by Crippen LogP contribution is -2.30. The van der Waals surface area contributed by atoms with Gasteiger partial charge >= 0.3 is 0 Å². The van der Waals surface area contributed by atoms with Crippen LogP contribution in [0, 0.1) is 59.2 Å². The van der Waals surface area contributed by atoms with Gasteiger partial charge in [0.05, 0.1) is 18.3 Å². The first-order chi connectivity index (χ1) is 9.18. The molecule has 3 N–H and O–H groups in total. The van der Waals surface area contributed by atoms with E-state index in [1.54, 1.807) is 0 Å². The van der Waals surface area contributed by atoms with Crippen molar-refractivity contribution in [3.05, 3.63) is 0 Å². The Hall–Kier alpha value is -0.120. The van der Waals surface area contributed by atoms with Crippen LogP contribution in [0.3, 0.4) is 0 Å². The number of aliphatic hydroxyl groups is 3. The third-order valence-electron chi connectivity index (χ3n) is 8.51. The van der Waals surface area contributed by atoms with E-state index in [-0.39, 0.29) is 18.3 Å². The summed E-state index contributed by atoms with van der Waals surface area (Å²) in [6, 6.07) is 0. The van der Waals surface area contributed by atoms with E-state index in [9.17, 15) is 15.3 Å². The van der Waals surface area contributed by atoms with Gasteiger partial charge in [0.2, 0.25) is 0 Å². The van der Waals surface area contributed by atoms with Gasteiger partial charge in [-0.1, -0.05) is 0 Å². The molecule has 0 aromatic carbocycles. The van der Waals surface area contributed by atoms with Gasteiger partial charge in [-0.25, -0.2) is 0 Å². The Morgan fingerprint density at radius 1 is 0.421 bits per heavy atom. The Balaban J connectivity index is 1.58. The summed E-state index contributed by atoms with van der Waals surface area (Å²) in [6.07, 6.45) is 2.34. The van der Waals surface area contributed by atoms with Crippen molar-refractivity contribution in [1.29, 1.82) is 0 Å². The molecule has 0 radical (unpaired) electrons. The highest BCUT2D eigenvalue weighted by Crippen LogP contribution is 2.79. The van der Waals surface area contributed by atoms with Crippen molar-refractivity contribution in [2.75, 3.05) is 0 Å². The third kappa shape index (κ3) is 0.873. The summed E-state index contributed by atoms with van der Waals surface area (Å²) in [6.45, 7) is 0. The molecular weight excluding hydrogens is 240 g/mol. The van der Waals surface area contributed by atoms with Crippen molar-refractivity contribution in [3.8, 4) is 0 Å². The highest BCUT2D eigenvalue weighted by molar-refractivity contribution is 5.26. The zero-order chi connectivity index (χ0) is 12.6. The molecule has 0 aromatic heterocycles. The zero-order valence-corrected chi connectivity index (χ0v) is 11.0. The Kier molecular flexibility index (Phi) is 1.62. The first-order valence-corrected chi connectivity index (χ1v) is 8.22. The van der Waals surface area contributed by atoms with Gasteiger partial charge in [-0.05, 0) is 78.4 Å². The van der Waals surface area contributed by atoms with Crippen LogP contribution >= 0.6 is 0 Å². The second-order valence-electron chi connectivity index (χ2n) is 8.44. The largest absolute Gasteiger partial charge is 0.393 e. The zero-order valence-electron chi connectivity index (χ0n) is 11.0. The van der Waals surface area contributed by atoms with Crippen LogP contribution in [0.15, 0.2) is 0 Å². The number of aliphatic hydroxyl groups excluding tert-OH is 3. The van der Waals surface area contributed by atoms with Crippen molar-refractivity contribution >= 4 is 0 Å². The van der Waals surface area contributed by atoms with Gasteiger partial charge in [-0.3, -0.25) is 0 Å². The van der Waals surface area contributed by atoms with E-state index >= 15 is 0 Å². The predicted molar refractivity (Wildman–Crippen MR) is 66.8 cm³/mol. The topological polar surface area (TPSA) is 60.7 Å². The molecule has 0 saturated heterocycles. The van der Waals surface area contributed by atoms with Crippen LogP contribution in [0.2, 0.25) is 0 Å². The molecule has 0 heterocycles. The van der Waals surface area contributed by atoms with E-state index in [0.717, 1.165) is 31.1 Å². The van der Waals surface area contributed by atoms with Crippen molar-refractivity contribution in [1.82, 2.24) is 0 Å². The number of rotatable bonds is 0. The average Bonchev–Trinajstić information content (AvgIpc) is 3.05. The van der Waals surface area contributed by atoms with Crippen molar-refractivity contribution in [2.24, 2.45) is 59.2 Å². The molecule has 6 fully saturated rings. The van der Waals surface area contributed by atoms with Crippen LogP contribution < -0.4 is 0 Å². The quantitative estimate of drug-likeness (QED) is 0.595. The monoisotopic (exact) mass is 262 g/mol. The predicted octanol–water partition coefficient (Wildman–Crippen LogP) is 0.483. The fraction of sp³-hybridized carbons (Fsp3) is 1.00. The highest BCUT2D eigenvalue weighted by atomic mass is 16.3. The molecule has 6 rings (SSSR count). The minimum Gasteiger partial charge on any atom is -0.393 e. The molecule has 13 atom stereocenters. The van der Waals surface area contributed by atoms with Crippen LogP contribution in [0.1, 0.15) is 19.3 Å². The SMILES string of the molecule is OC1CC2C3CC(O)C4C3C3C2C1C1C[C@H](O)C4C13. The lowest BCUT2D eigenvalue weighted by atomic mass is 9.83. The van der Waals surface area contributed by atoms with E-state index in [4.69, 9.17) is 0 Å². The summed E-state index contributed by atoms with van der Waals surface area (Å²) in [5, 5.41) is 31.5. The Bertz CT molecular complexity index is 465. The molecule has 0 aliphatic heterocycles. The summed E-state index contributed by atoms with van der Waals surface area (Å²) in [5.41, 5.74) is 0. The summed E-state index contributed by atoms with van der Waals surface area (Å²) in [4.78, 5) is 0. The van der Waals surface area contributed by atoms with E-state index in [0.29, 0.717) is 47.3 Å². The van der Waals surface area contributed by atoms with Gasteiger partial charge in [0.25, 0.3) is 0 Å². The first-order valence-electron chi connectivity index (χ1n) is 8.22. The van der Waals surface area contributed by atoms with E-state index in [1.807, 2.05) is 0 Å². The summed E-state index contributed by atoms with van der Waals surface area (Å²) in [7, 11) is 0. The summed E-state index contributed by atoms with van der Waals surface area (Å²) < 4.78 is 0. The molecule has 6 aliphatic rings. The smallest absolute Gasteiger partial charge is 0.0577 e. The molecule has 19 heavy (non-hydrogen) atoms. The van der Waals surface area contributed by atoms with E-state index in [2.05, 4.69) is 0 Å². The standard InChI is InChI=1S/C16H22O3/c17-7-1-4-5-2-8(18)14-12(5)16-11(4)10(7)6-3-9(19)15(14)13(6)16/h4-19H,1-3H2/t4?,5?,6?,7?,8?,9-,10?,11?,12?,13?,14?,15?,16?/m0/s1. The molecule has 104 valence electrons. The summed E-state index contributed by atoms with van der Waals surface area (Å²) in [5.74, 6) is 5.97. The molecule has 6 aliphatic carbocycles. The van der Waals surface area contributed by atoms with Crippen molar-refractivity contribution in [3.63, 3.8) is 0 Å². The molecule has 0 spiro atoms. The lowest BCUT2D eigenvalue weighted by molar-refractivity contribution is 0.0366. The van der Waals surface area contributed by atoms with Crippen LogP contribution in [0.25, 0.3) is 0 Å². The minimum absolute atomic E-state index is 0.117. The van der Waals surface area contributed by atoms with Gasteiger partial charge in [0.15, 0.2) is 0 Å². The van der Waals surface area contributed by atoms with Gasteiger partial charge in [-0.2, -0.15) is 0 Å². The fourth-order valence-electron chi connectivity index (χ4n) is 8.73. The second-order valence-corrected chi connectivity index (χ2v) is 8.44. The highest BCUT2D eigenvalue weighted by Gasteiger charge is 2.78. The van der Waals surface area contributed by atoms with Crippen LogP contribution in [0.4, 0.5) is 0 Å². The Morgan fingerprint density at radius 2 is 0.842 bits per heavy atom. The summed E-state index contributed by atoms with van der Waals surface area (Å²) >= 11 is 0. The Labute approximate surface area is 113 Å². The minimum atomic E-state index is -0.203. The van der Waals surface area contributed by atoms with Crippen LogP contribution in [-0.4, -0.2) is 33.6 Å². The van der Waals surface area contributed by atoms with E-state index in [1.165, 1.54) is 0 Å².